The van der Waals surface area contributed by atoms with Gasteiger partial charge in [0, 0.05) is 40.0 Å². The van der Waals surface area contributed by atoms with E-state index in [1.54, 1.807) is 12.1 Å². The van der Waals surface area contributed by atoms with Crippen LogP contribution in [-0.4, -0.2) is 37.8 Å². The van der Waals surface area contributed by atoms with Crippen molar-refractivity contribution in [2.24, 2.45) is 5.73 Å². The third-order valence-electron chi connectivity index (χ3n) is 4.12. The number of carboxylic acid groups (broad SMARTS) is 1. The van der Waals surface area contributed by atoms with Gasteiger partial charge in [-0.1, -0.05) is 12.1 Å². The number of nitrogens with zero attached hydrogens (tertiary/aromatic N) is 3. The molecule has 1 heterocycles. The summed E-state index contributed by atoms with van der Waals surface area (Å²) >= 11 is 1.36. The van der Waals surface area contributed by atoms with Gasteiger partial charge in [-0.15, -0.1) is 11.8 Å². The Balaban J connectivity index is 2.20. The molecule has 3 N–H and O–H groups in total. The third kappa shape index (κ3) is 3.99. The van der Waals surface area contributed by atoms with Crippen LogP contribution in [0.1, 0.15) is 24.6 Å². The predicted octanol–water partition coefficient (Wildman–Crippen LogP) is 2.87. The molecule has 8 nitrogen and oxygen atoms in total. The number of nitro benzene ring substituents is 1. The first kappa shape index (κ1) is 19.0. The molecule has 0 aliphatic heterocycles. The maximum absolute atomic E-state index is 11.8. The van der Waals surface area contributed by atoms with Gasteiger partial charge < -0.3 is 10.8 Å². The second-order valence-corrected chi connectivity index (χ2v) is 7.28. The van der Waals surface area contributed by atoms with Crippen LogP contribution in [0.4, 0.5) is 5.69 Å². The smallest absolute Gasteiger partial charge is 0.332 e. The van der Waals surface area contributed by atoms with E-state index in [-0.39, 0.29) is 11.7 Å². The molecule has 1 aromatic carbocycles. The number of aliphatic carboxylic acids is 1. The molecule has 1 aliphatic rings. The predicted molar refractivity (Wildman–Crippen MR) is 103 cm³/mol. The molecule has 0 spiro atoms. The van der Waals surface area contributed by atoms with Gasteiger partial charge in [0.15, 0.2) is 0 Å². The Kier molecular flexibility index (Phi) is 5.52. The van der Waals surface area contributed by atoms with Crippen LogP contribution >= 0.6 is 11.8 Å². The van der Waals surface area contributed by atoms with Crippen molar-refractivity contribution in [3.8, 4) is 11.3 Å². The minimum atomic E-state index is -0.985. The second-order valence-electron chi connectivity index (χ2n) is 6.25. The average Bonchev–Trinajstić information content (AvgIpc) is 2.65. The van der Waals surface area contributed by atoms with Crippen molar-refractivity contribution < 1.29 is 14.8 Å². The molecule has 0 bridgehead atoms. The van der Waals surface area contributed by atoms with Crippen LogP contribution < -0.4 is 5.73 Å². The third-order valence-corrected chi connectivity index (χ3v) is 5.55. The normalized spacial score (nSPS) is 14.6. The Labute approximate surface area is 159 Å². The summed E-state index contributed by atoms with van der Waals surface area (Å²) in [4.78, 5) is 31.7. The zero-order valence-electron chi connectivity index (χ0n) is 14.6. The van der Waals surface area contributed by atoms with Gasteiger partial charge in [-0.2, -0.15) is 0 Å². The topological polar surface area (TPSA) is 132 Å². The molecule has 1 unspecified atom stereocenters. The first-order valence-electron chi connectivity index (χ1n) is 8.32. The summed E-state index contributed by atoms with van der Waals surface area (Å²) in [6.45, 7) is 1.85. The number of non-ortho nitro benzene ring substituents is 1. The molecule has 0 radical (unpaired) electrons. The van der Waals surface area contributed by atoms with Crippen molar-refractivity contribution >= 4 is 28.3 Å². The van der Waals surface area contributed by atoms with E-state index in [2.05, 4.69) is 9.97 Å². The number of fused-ring (bicyclic) bond motifs is 1. The molecule has 0 amide bonds. The van der Waals surface area contributed by atoms with Crippen LogP contribution in [0.5, 0.6) is 0 Å². The van der Waals surface area contributed by atoms with E-state index in [0.717, 1.165) is 5.69 Å². The van der Waals surface area contributed by atoms with Crippen molar-refractivity contribution in [2.75, 3.05) is 5.75 Å². The number of aromatic nitrogens is 2. The molecular formula is C18H18N4O4S. The molecule has 1 atom stereocenters. The monoisotopic (exact) mass is 386 g/mol. The van der Waals surface area contributed by atoms with Crippen LogP contribution in [0, 0.1) is 10.1 Å². The number of nitrogens with two attached hydrogens (primary N) is 1. The number of carbonyl (C=O) groups is 1. The van der Waals surface area contributed by atoms with Crippen LogP contribution in [0.15, 0.2) is 36.2 Å². The van der Waals surface area contributed by atoms with E-state index >= 15 is 0 Å². The molecule has 27 heavy (non-hydrogen) atoms. The van der Waals surface area contributed by atoms with Crippen LogP contribution in [0.2, 0.25) is 0 Å². The van der Waals surface area contributed by atoms with Gasteiger partial charge in [0.2, 0.25) is 0 Å². The number of rotatable bonds is 6. The number of aryl methyl sites for hydroxylation is 1. The second kappa shape index (κ2) is 7.85. The molecular weight excluding hydrogens is 368 g/mol. The minimum absolute atomic E-state index is 0.0529. The summed E-state index contributed by atoms with van der Waals surface area (Å²) in [5.41, 5.74) is 8.52. The van der Waals surface area contributed by atoms with Gasteiger partial charge in [0.05, 0.1) is 21.9 Å². The van der Waals surface area contributed by atoms with Crippen molar-refractivity contribution in [1.29, 1.82) is 0 Å². The zero-order chi connectivity index (χ0) is 19.6. The van der Waals surface area contributed by atoms with E-state index < -0.39 is 10.9 Å². The van der Waals surface area contributed by atoms with E-state index in [1.807, 2.05) is 6.92 Å². The molecule has 0 saturated heterocycles. The standard InChI is InChI=1S/C18H18N4O4S/c1-10(19)8-27-17-13(18(23)24)5-6-14-15(17)16(21-9-20-14)11-3-2-4-12(7-11)22(25)26/h2-4,7,9-10H,5-6,8,19H2,1H3,(H,23,24). The van der Waals surface area contributed by atoms with Crippen LogP contribution in [-0.2, 0) is 11.2 Å². The van der Waals surface area contributed by atoms with Gasteiger partial charge in [-0.25, -0.2) is 14.8 Å². The molecule has 0 saturated carbocycles. The highest BCUT2D eigenvalue weighted by molar-refractivity contribution is 8.08. The quantitative estimate of drug-likeness (QED) is 0.572. The highest BCUT2D eigenvalue weighted by atomic mass is 32.2. The largest absolute Gasteiger partial charge is 0.478 e. The first-order chi connectivity index (χ1) is 12.9. The molecule has 0 fully saturated rings. The Morgan fingerprint density at radius 2 is 2.19 bits per heavy atom. The van der Waals surface area contributed by atoms with Crippen molar-refractivity contribution in [2.45, 2.75) is 25.8 Å². The number of hydrogen-bond acceptors (Lipinski definition) is 7. The lowest BCUT2D eigenvalue weighted by atomic mass is 9.92. The number of benzene rings is 1. The van der Waals surface area contributed by atoms with Gasteiger partial charge in [0.1, 0.15) is 6.33 Å². The fourth-order valence-corrected chi connectivity index (χ4v) is 4.07. The SMILES string of the molecule is CC(N)CSC1=C(C(=O)O)CCc2ncnc(-c3cccc([N+](=O)[O-])c3)c21. The number of carboxylic acids is 1. The maximum atomic E-state index is 11.8. The minimum Gasteiger partial charge on any atom is -0.478 e. The molecule has 1 aromatic heterocycles. The summed E-state index contributed by atoms with van der Waals surface area (Å²) in [6.07, 6.45) is 2.26. The fourth-order valence-electron chi connectivity index (χ4n) is 2.92. The molecule has 1 aliphatic carbocycles. The first-order valence-corrected chi connectivity index (χ1v) is 9.31. The summed E-state index contributed by atoms with van der Waals surface area (Å²) < 4.78 is 0. The summed E-state index contributed by atoms with van der Waals surface area (Å²) in [6, 6.07) is 6.03. The van der Waals surface area contributed by atoms with Gasteiger partial charge >= 0.3 is 5.97 Å². The van der Waals surface area contributed by atoms with Gasteiger partial charge in [-0.3, -0.25) is 10.1 Å². The van der Waals surface area contributed by atoms with Gasteiger partial charge in [-0.05, 0) is 19.8 Å². The van der Waals surface area contributed by atoms with E-state index in [0.29, 0.717) is 45.9 Å². The zero-order valence-corrected chi connectivity index (χ0v) is 15.4. The molecule has 140 valence electrons. The summed E-state index contributed by atoms with van der Waals surface area (Å²) in [5.74, 6) is -0.448. The van der Waals surface area contributed by atoms with E-state index in [4.69, 9.17) is 5.73 Å². The molecule has 9 heteroatoms. The van der Waals surface area contributed by atoms with Gasteiger partial charge in [0.25, 0.3) is 5.69 Å². The van der Waals surface area contributed by atoms with Crippen molar-refractivity contribution in [3.63, 3.8) is 0 Å². The molecule has 3 rings (SSSR count). The summed E-state index contributed by atoms with van der Waals surface area (Å²) in [5, 5.41) is 20.8. The number of hydrogen-bond donors (Lipinski definition) is 2. The maximum Gasteiger partial charge on any atom is 0.332 e. The fraction of sp³-hybridized carbons (Fsp3) is 0.278. The van der Waals surface area contributed by atoms with Crippen molar-refractivity contribution in [3.05, 3.63) is 57.5 Å². The lowest BCUT2D eigenvalue weighted by molar-refractivity contribution is -0.384. The molecule has 2 aromatic rings. The lowest BCUT2D eigenvalue weighted by Crippen LogP contribution is -2.19. The summed E-state index contributed by atoms with van der Waals surface area (Å²) in [7, 11) is 0. The highest BCUT2D eigenvalue weighted by Gasteiger charge is 2.28. The number of nitro groups is 1. The van der Waals surface area contributed by atoms with E-state index in [1.165, 1.54) is 30.2 Å². The number of thioether (sulfide) groups is 1. The Morgan fingerprint density at radius 3 is 2.85 bits per heavy atom. The highest BCUT2D eigenvalue weighted by Crippen LogP contribution is 2.42. The van der Waals surface area contributed by atoms with E-state index in [9.17, 15) is 20.0 Å². The van der Waals surface area contributed by atoms with Crippen LogP contribution in [0.3, 0.4) is 0 Å². The Hall–Kier alpha value is -2.78. The average molecular weight is 386 g/mol. The Morgan fingerprint density at radius 1 is 1.41 bits per heavy atom. The lowest BCUT2D eigenvalue weighted by Gasteiger charge is -2.23. The van der Waals surface area contributed by atoms with Crippen LogP contribution in [0.25, 0.3) is 16.2 Å². The Bertz CT molecular complexity index is 943. The van der Waals surface area contributed by atoms with Crippen molar-refractivity contribution in [1.82, 2.24) is 9.97 Å².